The Morgan fingerprint density at radius 2 is 1.73 bits per heavy atom. The van der Waals surface area contributed by atoms with Gasteiger partial charge in [-0.15, -0.1) is 0 Å². The minimum atomic E-state index is -0.110. The molecule has 3 heteroatoms. The molecule has 26 heavy (non-hydrogen) atoms. The predicted octanol–water partition coefficient (Wildman–Crippen LogP) is 4.96. The first-order valence-corrected chi connectivity index (χ1v) is 11.2. The minimum Gasteiger partial charge on any atom is -0.463 e. The Morgan fingerprint density at radius 1 is 1.00 bits per heavy atom. The van der Waals surface area contributed by atoms with Crippen molar-refractivity contribution in [1.82, 2.24) is 0 Å². The molecule has 148 valence electrons. The van der Waals surface area contributed by atoms with E-state index in [1.165, 1.54) is 44.9 Å². The highest BCUT2D eigenvalue weighted by Crippen LogP contribution is 2.67. The summed E-state index contributed by atoms with van der Waals surface area (Å²) >= 11 is 0. The maximum Gasteiger partial charge on any atom is 0.302 e. The number of rotatable bonds is 3. The van der Waals surface area contributed by atoms with Crippen LogP contribution in [0.25, 0.3) is 0 Å². The molecule has 0 bridgehead atoms. The van der Waals surface area contributed by atoms with Crippen LogP contribution in [0.5, 0.6) is 0 Å². The Kier molecular flexibility index (Phi) is 4.91. The maximum atomic E-state index is 11.4. The van der Waals surface area contributed by atoms with E-state index in [0.29, 0.717) is 17.4 Å². The number of esters is 1. The third-order valence-electron chi connectivity index (χ3n) is 9.62. The van der Waals surface area contributed by atoms with Crippen molar-refractivity contribution in [3.8, 4) is 0 Å². The molecule has 4 rings (SSSR count). The SMILES string of the molecule is CC(=O)O[C@H]1CC[C@@]2(C)[C@@H](CC[C@@H]3[C@@H]2CC[C@]2(C)[C@@H](CCO)CC[C@@H]32)C1. The third-order valence-corrected chi connectivity index (χ3v) is 9.62. The number of hydrogen-bond donors (Lipinski definition) is 1. The Hall–Kier alpha value is -0.570. The number of carbonyl (C=O) groups excluding carboxylic acids is 1. The molecule has 0 spiro atoms. The van der Waals surface area contributed by atoms with Crippen LogP contribution in [0.1, 0.15) is 85.0 Å². The van der Waals surface area contributed by atoms with Crippen LogP contribution in [0.2, 0.25) is 0 Å². The fourth-order valence-corrected chi connectivity index (χ4v) is 8.30. The summed E-state index contributed by atoms with van der Waals surface area (Å²) in [6.45, 7) is 7.03. The lowest BCUT2D eigenvalue weighted by atomic mass is 9.44. The van der Waals surface area contributed by atoms with E-state index in [9.17, 15) is 9.90 Å². The van der Waals surface area contributed by atoms with Crippen LogP contribution >= 0.6 is 0 Å². The summed E-state index contributed by atoms with van der Waals surface area (Å²) in [4.78, 5) is 11.4. The van der Waals surface area contributed by atoms with Crippen molar-refractivity contribution in [3.05, 3.63) is 0 Å². The highest BCUT2D eigenvalue weighted by Gasteiger charge is 2.60. The number of hydrogen-bond acceptors (Lipinski definition) is 3. The molecule has 0 aliphatic heterocycles. The van der Waals surface area contributed by atoms with Crippen molar-refractivity contribution in [2.45, 2.75) is 91.1 Å². The molecule has 4 aliphatic carbocycles. The molecule has 0 aromatic rings. The number of ether oxygens (including phenoxy) is 1. The lowest BCUT2D eigenvalue weighted by Gasteiger charge is -2.61. The second kappa shape index (κ2) is 6.79. The maximum absolute atomic E-state index is 11.4. The molecule has 8 atom stereocenters. The second-order valence-electron chi connectivity index (χ2n) is 10.5. The zero-order chi connectivity index (χ0) is 18.5. The van der Waals surface area contributed by atoms with Crippen LogP contribution in [-0.2, 0) is 9.53 Å². The molecule has 0 aromatic carbocycles. The van der Waals surface area contributed by atoms with Crippen molar-refractivity contribution in [2.24, 2.45) is 40.4 Å². The molecule has 0 unspecified atom stereocenters. The molecule has 3 nitrogen and oxygen atoms in total. The number of carbonyl (C=O) groups is 1. The van der Waals surface area contributed by atoms with Crippen molar-refractivity contribution in [1.29, 1.82) is 0 Å². The Balaban J connectivity index is 1.51. The summed E-state index contributed by atoms with van der Waals surface area (Å²) in [7, 11) is 0. The average Bonchev–Trinajstić information content (AvgIpc) is 2.92. The third kappa shape index (κ3) is 2.84. The van der Waals surface area contributed by atoms with Gasteiger partial charge in [-0.2, -0.15) is 0 Å². The number of aliphatic hydroxyl groups is 1. The first-order chi connectivity index (χ1) is 12.4. The normalized spacial score (nSPS) is 50.5. The summed E-state index contributed by atoms with van der Waals surface area (Å²) in [5, 5.41) is 9.51. The van der Waals surface area contributed by atoms with E-state index >= 15 is 0 Å². The van der Waals surface area contributed by atoms with Gasteiger partial charge in [-0.05, 0) is 105 Å². The molecule has 0 heterocycles. The Bertz CT molecular complexity index is 546. The van der Waals surface area contributed by atoms with Gasteiger partial charge in [-0.25, -0.2) is 0 Å². The highest BCUT2D eigenvalue weighted by molar-refractivity contribution is 5.66. The topological polar surface area (TPSA) is 46.5 Å². The lowest BCUT2D eigenvalue weighted by Crippen LogP contribution is -2.54. The quantitative estimate of drug-likeness (QED) is 0.722. The largest absolute Gasteiger partial charge is 0.463 e. The standard InChI is InChI=1S/C23H38O3/c1-15(25)26-18-8-11-23(3)17(14-18)4-6-19-20-7-5-16(10-13-24)22(20,2)12-9-21(19)23/h16-21,24H,4-14H2,1-3H3/t16-,17+,18+,19+,20+,21+,22-,23+/m1/s1. The van der Waals surface area contributed by atoms with Gasteiger partial charge in [0.05, 0.1) is 0 Å². The van der Waals surface area contributed by atoms with Crippen LogP contribution in [-0.4, -0.2) is 23.8 Å². The molecule has 0 amide bonds. The summed E-state index contributed by atoms with van der Waals surface area (Å²) in [5.74, 6) is 4.00. The molecule has 0 saturated heterocycles. The van der Waals surface area contributed by atoms with Gasteiger partial charge in [0.25, 0.3) is 0 Å². The first kappa shape index (κ1) is 18.8. The summed E-state index contributed by atoms with van der Waals surface area (Å²) in [5.41, 5.74) is 0.929. The first-order valence-electron chi connectivity index (χ1n) is 11.2. The van der Waals surface area contributed by atoms with E-state index in [4.69, 9.17) is 4.74 Å². The van der Waals surface area contributed by atoms with E-state index in [2.05, 4.69) is 13.8 Å². The predicted molar refractivity (Wildman–Crippen MR) is 102 cm³/mol. The molecule has 4 aliphatic rings. The monoisotopic (exact) mass is 362 g/mol. The van der Waals surface area contributed by atoms with Crippen LogP contribution in [0.3, 0.4) is 0 Å². The van der Waals surface area contributed by atoms with Gasteiger partial charge in [-0.3, -0.25) is 4.79 Å². The van der Waals surface area contributed by atoms with Gasteiger partial charge in [0.2, 0.25) is 0 Å². The summed E-state index contributed by atoms with van der Waals surface area (Å²) in [6, 6.07) is 0. The number of fused-ring (bicyclic) bond motifs is 5. The molecular formula is C23H38O3. The van der Waals surface area contributed by atoms with E-state index in [1.54, 1.807) is 6.92 Å². The minimum absolute atomic E-state index is 0.110. The number of aliphatic hydroxyl groups excluding tert-OH is 1. The molecule has 0 aromatic heterocycles. The molecule has 0 radical (unpaired) electrons. The van der Waals surface area contributed by atoms with Crippen LogP contribution < -0.4 is 0 Å². The van der Waals surface area contributed by atoms with Gasteiger partial charge >= 0.3 is 5.97 Å². The van der Waals surface area contributed by atoms with Crippen LogP contribution in [0.4, 0.5) is 0 Å². The van der Waals surface area contributed by atoms with E-state index in [-0.39, 0.29) is 12.1 Å². The van der Waals surface area contributed by atoms with Crippen LogP contribution in [0.15, 0.2) is 0 Å². The summed E-state index contributed by atoms with van der Waals surface area (Å²) in [6.07, 6.45) is 12.7. The highest BCUT2D eigenvalue weighted by atomic mass is 16.5. The zero-order valence-electron chi connectivity index (χ0n) is 17.0. The van der Waals surface area contributed by atoms with Gasteiger partial charge < -0.3 is 9.84 Å². The smallest absolute Gasteiger partial charge is 0.302 e. The van der Waals surface area contributed by atoms with Crippen LogP contribution in [0, 0.1) is 40.4 Å². The van der Waals surface area contributed by atoms with E-state index in [1.807, 2.05) is 0 Å². The molecule has 4 fully saturated rings. The van der Waals surface area contributed by atoms with Gasteiger partial charge in [0, 0.05) is 13.5 Å². The van der Waals surface area contributed by atoms with Crippen molar-refractivity contribution < 1.29 is 14.6 Å². The Morgan fingerprint density at radius 3 is 2.46 bits per heavy atom. The van der Waals surface area contributed by atoms with E-state index < -0.39 is 0 Å². The molecule has 1 N–H and O–H groups in total. The summed E-state index contributed by atoms with van der Waals surface area (Å²) < 4.78 is 5.58. The van der Waals surface area contributed by atoms with Crippen molar-refractivity contribution in [2.75, 3.05) is 6.61 Å². The molecular weight excluding hydrogens is 324 g/mol. The van der Waals surface area contributed by atoms with E-state index in [0.717, 1.165) is 48.9 Å². The second-order valence-corrected chi connectivity index (χ2v) is 10.5. The average molecular weight is 363 g/mol. The fourth-order valence-electron chi connectivity index (χ4n) is 8.30. The lowest BCUT2D eigenvalue weighted by molar-refractivity contribution is -0.160. The van der Waals surface area contributed by atoms with Crippen molar-refractivity contribution >= 4 is 5.97 Å². The van der Waals surface area contributed by atoms with Crippen molar-refractivity contribution in [3.63, 3.8) is 0 Å². The zero-order valence-corrected chi connectivity index (χ0v) is 17.0. The van der Waals surface area contributed by atoms with Gasteiger partial charge in [-0.1, -0.05) is 13.8 Å². The molecule has 4 saturated carbocycles. The fraction of sp³-hybridized carbons (Fsp3) is 0.957. The van der Waals surface area contributed by atoms with Gasteiger partial charge in [0.1, 0.15) is 6.10 Å². The van der Waals surface area contributed by atoms with Gasteiger partial charge in [0.15, 0.2) is 0 Å². The Labute approximate surface area is 159 Å².